The normalized spacial score (nSPS) is 21.7. The molecule has 0 heterocycles. The number of aliphatic hydroxyl groups excluding tert-OH is 1. The maximum absolute atomic E-state index is 9.30. The molecular weight excluding hydrogens is 266 g/mol. The van der Waals surface area contributed by atoms with Crippen molar-refractivity contribution in [1.82, 2.24) is 5.32 Å². The summed E-state index contributed by atoms with van der Waals surface area (Å²) in [5.41, 5.74) is 2.76. The second kappa shape index (κ2) is 6.29. The summed E-state index contributed by atoms with van der Waals surface area (Å²) in [5, 5.41) is 14.0. The van der Waals surface area contributed by atoms with Crippen LogP contribution in [0.25, 0.3) is 0 Å². The molecule has 1 aromatic carbocycles. The first-order valence-corrected chi connectivity index (χ1v) is 7.97. The Kier molecular flexibility index (Phi) is 4.96. The highest BCUT2D eigenvalue weighted by atomic mass is 35.5. The number of hydrogen-bond acceptors (Lipinski definition) is 3. The molecule has 0 spiro atoms. The minimum absolute atomic E-state index is 0.223. The second-order valence-corrected chi connectivity index (χ2v) is 6.44. The van der Waals surface area contributed by atoms with Crippen LogP contribution in [-0.2, 0) is 12.8 Å². The van der Waals surface area contributed by atoms with Crippen LogP contribution in [0.1, 0.15) is 18.1 Å². The van der Waals surface area contributed by atoms with Gasteiger partial charge in [-0.3, -0.25) is 0 Å². The number of thioether (sulfide) groups is 1. The van der Waals surface area contributed by atoms with Gasteiger partial charge >= 0.3 is 0 Å². The van der Waals surface area contributed by atoms with Gasteiger partial charge in [0, 0.05) is 22.4 Å². The molecule has 0 bridgehead atoms. The molecule has 0 amide bonds. The standard InChI is InChI=1S/C14H20ClNOS/c1-9(14(8-17)18-2)16-13-6-10-3-4-12(15)5-11(10)7-13/h3-5,9,13-14,16-17H,6-8H2,1-2H3. The van der Waals surface area contributed by atoms with Crippen LogP contribution in [-0.4, -0.2) is 35.3 Å². The van der Waals surface area contributed by atoms with E-state index in [0.29, 0.717) is 12.1 Å². The third-order valence-corrected chi connectivity index (χ3v) is 5.04. The first-order chi connectivity index (χ1) is 8.63. The quantitative estimate of drug-likeness (QED) is 0.872. The Morgan fingerprint density at radius 3 is 2.83 bits per heavy atom. The van der Waals surface area contributed by atoms with Gasteiger partial charge in [0.1, 0.15) is 0 Å². The van der Waals surface area contributed by atoms with Gasteiger partial charge in [-0.1, -0.05) is 17.7 Å². The predicted molar refractivity (Wildman–Crippen MR) is 79.6 cm³/mol. The molecule has 18 heavy (non-hydrogen) atoms. The molecule has 0 aromatic heterocycles. The zero-order valence-electron chi connectivity index (χ0n) is 10.8. The lowest BCUT2D eigenvalue weighted by atomic mass is 10.1. The number of hydrogen-bond donors (Lipinski definition) is 2. The van der Waals surface area contributed by atoms with Gasteiger partial charge in [0.15, 0.2) is 0 Å². The predicted octanol–water partition coefficient (Wildman–Crippen LogP) is 2.51. The van der Waals surface area contributed by atoms with Gasteiger partial charge in [0.2, 0.25) is 0 Å². The Balaban J connectivity index is 1.95. The summed E-state index contributed by atoms with van der Waals surface area (Å²) in [6.45, 7) is 2.37. The highest BCUT2D eigenvalue weighted by Crippen LogP contribution is 2.26. The van der Waals surface area contributed by atoms with Crippen molar-refractivity contribution < 1.29 is 5.11 Å². The molecule has 1 aromatic rings. The van der Waals surface area contributed by atoms with Crippen molar-refractivity contribution in [2.45, 2.75) is 37.1 Å². The summed E-state index contributed by atoms with van der Waals surface area (Å²) in [7, 11) is 0. The molecule has 3 unspecified atom stereocenters. The monoisotopic (exact) mass is 285 g/mol. The lowest BCUT2D eigenvalue weighted by molar-refractivity contribution is 0.270. The molecule has 1 aliphatic rings. The molecule has 0 saturated carbocycles. The molecule has 0 saturated heterocycles. The van der Waals surface area contributed by atoms with Gasteiger partial charge in [-0.05, 0) is 49.3 Å². The smallest absolute Gasteiger partial charge is 0.0564 e. The summed E-state index contributed by atoms with van der Waals surface area (Å²) < 4.78 is 0. The van der Waals surface area contributed by atoms with Gasteiger partial charge in [0.05, 0.1) is 6.61 Å². The number of aliphatic hydroxyl groups is 1. The average Bonchev–Trinajstić information content (AvgIpc) is 2.71. The zero-order valence-corrected chi connectivity index (χ0v) is 12.4. The fourth-order valence-corrected chi connectivity index (χ4v) is 3.45. The summed E-state index contributed by atoms with van der Waals surface area (Å²) in [5.74, 6) is 0. The largest absolute Gasteiger partial charge is 0.395 e. The van der Waals surface area contributed by atoms with Crippen molar-refractivity contribution in [3.63, 3.8) is 0 Å². The molecule has 2 nitrogen and oxygen atoms in total. The maximum atomic E-state index is 9.30. The van der Waals surface area contributed by atoms with Gasteiger partial charge < -0.3 is 10.4 Å². The Morgan fingerprint density at radius 1 is 1.44 bits per heavy atom. The van der Waals surface area contributed by atoms with E-state index in [1.54, 1.807) is 11.8 Å². The van der Waals surface area contributed by atoms with Gasteiger partial charge in [-0.2, -0.15) is 11.8 Å². The van der Waals surface area contributed by atoms with Crippen LogP contribution >= 0.6 is 23.4 Å². The van der Waals surface area contributed by atoms with Gasteiger partial charge in [-0.25, -0.2) is 0 Å². The van der Waals surface area contributed by atoms with E-state index in [1.807, 2.05) is 12.3 Å². The van der Waals surface area contributed by atoms with Crippen molar-refractivity contribution in [2.24, 2.45) is 0 Å². The lowest BCUT2D eigenvalue weighted by Gasteiger charge is -2.25. The molecular formula is C14H20ClNOS. The third-order valence-electron chi connectivity index (χ3n) is 3.64. The summed E-state index contributed by atoms with van der Waals surface area (Å²) in [6, 6.07) is 6.95. The Hall–Kier alpha value is -0.220. The lowest BCUT2D eigenvalue weighted by Crippen LogP contribution is -2.44. The molecule has 100 valence electrons. The Labute approximate surface area is 118 Å². The fraction of sp³-hybridized carbons (Fsp3) is 0.571. The van der Waals surface area contributed by atoms with Crippen molar-refractivity contribution in [2.75, 3.05) is 12.9 Å². The molecule has 3 atom stereocenters. The molecule has 0 aliphatic heterocycles. The minimum atomic E-state index is 0.223. The summed E-state index contributed by atoms with van der Waals surface area (Å²) in [4.78, 5) is 0. The summed E-state index contributed by atoms with van der Waals surface area (Å²) >= 11 is 7.73. The van der Waals surface area contributed by atoms with Crippen molar-refractivity contribution >= 4 is 23.4 Å². The number of fused-ring (bicyclic) bond motifs is 1. The van der Waals surface area contributed by atoms with Crippen LogP contribution in [0, 0.1) is 0 Å². The van der Waals surface area contributed by atoms with E-state index in [1.165, 1.54) is 11.1 Å². The third kappa shape index (κ3) is 3.21. The van der Waals surface area contributed by atoms with Crippen LogP contribution < -0.4 is 5.32 Å². The van der Waals surface area contributed by atoms with E-state index in [0.717, 1.165) is 17.9 Å². The van der Waals surface area contributed by atoms with Crippen molar-refractivity contribution in [1.29, 1.82) is 0 Å². The van der Waals surface area contributed by atoms with E-state index in [2.05, 4.69) is 24.4 Å². The van der Waals surface area contributed by atoms with E-state index in [-0.39, 0.29) is 11.9 Å². The van der Waals surface area contributed by atoms with Crippen LogP contribution in [0.3, 0.4) is 0 Å². The van der Waals surface area contributed by atoms with Crippen LogP contribution in [0.4, 0.5) is 0 Å². The molecule has 2 N–H and O–H groups in total. The van der Waals surface area contributed by atoms with Gasteiger partial charge in [-0.15, -0.1) is 0 Å². The molecule has 0 fully saturated rings. The van der Waals surface area contributed by atoms with Crippen molar-refractivity contribution in [3.05, 3.63) is 34.3 Å². The highest BCUT2D eigenvalue weighted by molar-refractivity contribution is 7.99. The van der Waals surface area contributed by atoms with Crippen LogP contribution in [0.5, 0.6) is 0 Å². The highest BCUT2D eigenvalue weighted by Gasteiger charge is 2.25. The van der Waals surface area contributed by atoms with Crippen LogP contribution in [0.15, 0.2) is 18.2 Å². The number of halogens is 1. The van der Waals surface area contributed by atoms with E-state index in [9.17, 15) is 5.11 Å². The topological polar surface area (TPSA) is 32.3 Å². The first-order valence-electron chi connectivity index (χ1n) is 6.31. The SMILES string of the molecule is CSC(CO)C(C)NC1Cc2ccc(Cl)cc2C1. The Bertz CT molecular complexity index is 409. The number of rotatable bonds is 5. The van der Waals surface area contributed by atoms with E-state index in [4.69, 9.17) is 11.6 Å². The maximum Gasteiger partial charge on any atom is 0.0564 e. The van der Waals surface area contributed by atoms with Crippen molar-refractivity contribution in [3.8, 4) is 0 Å². The Morgan fingerprint density at radius 2 is 2.17 bits per heavy atom. The zero-order chi connectivity index (χ0) is 13.1. The average molecular weight is 286 g/mol. The fourth-order valence-electron chi connectivity index (χ4n) is 2.62. The molecule has 1 aliphatic carbocycles. The van der Waals surface area contributed by atoms with Crippen LogP contribution in [0.2, 0.25) is 5.02 Å². The number of benzene rings is 1. The molecule has 2 rings (SSSR count). The van der Waals surface area contributed by atoms with Gasteiger partial charge in [0.25, 0.3) is 0 Å². The molecule has 4 heteroatoms. The summed E-state index contributed by atoms with van der Waals surface area (Å²) in [6.07, 6.45) is 4.14. The first kappa shape index (κ1) is 14.2. The number of nitrogens with one attached hydrogen (secondary N) is 1. The minimum Gasteiger partial charge on any atom is -0.395 e. The molecule has 0 radical (unpaired) electrons. The van der Waals surface area contributed by atoms with E-state index >= 15 is 0 Å². The van der Waals surface area contributed by atoms with E-state index < -0.39 is 0 Å². The second-order valence-electron chi connectivity index (χ2n) is 4.93.